The SMILES string of the molecule is CCOC(=O)c1ccccc1-c1ccccc1C(C)(C)C. The molecule has 0 aliphatic rings. The summed E-state index contributed by atoms with van der Waals surface area (Å²) in [7, 11) is 0. The Morgan fingerprint density at radius 2 is 1.52 bits per heavy atom. The summed E-state index contributed by atoms with van der Waals surface area (Å²) in [5.41, 5.74) is 3.88. The van der Waals surface area contributed by atoms with Crippen LogP contribution in [0.2, 0.25) is 0 Å². The first-order valence-electron chi connectivity index (χ1n) is 7.31. The van der Waals surface area contributed by atoms with Crippen LogP contribution in [0, 0.1) is 0 Å². The second-order valence-electron chi connectivity index (χ2n) is 6.06. The molecule has 0 radical (unpaired) electrons. The molecule has 0 atom stereocenters. The van der Waals surface area contributed by atoms with E-state index in [-0.39, 0.29) is 11.4 Å². The molecule has 0 spiro atoms. The quantitative estimate of drug-likeness (QED) is 0.754. The minimum Gasteiger partial charge on any atom is -0.462 e. The summed E-state index contributed by atoms with van der Waals surface area (Å²) in [5, 5.41) is 0. The van der Waals surface area contributed by atoms with Crippen LogP contribution in [0.3, 0.4) is 0 Å². The van der Waals surface area contributed by atoms with E-state index in [0.717, 1.165) is 11.1 Å². The van der Waals surface area contributed by atoms with Crippen LogP contribution < -0.4 is 0 Å². The van der Waals surface area contributed by atoms with Crippen LogP contribution in [0.1, 0.15) is 43.6 Å². The van der Waals surface area contributed by atoms with Crippen LogP contribution in [-0.4, -0.2) is 12.6 Å². The van der Waals surface area contributed by atoms with Gasteiger partial charge in [0, 0.05) is 0 Å². The molecule has 2 nitrogen and oxygen atoms in total. The average molecular weight is 282 g/mol. The van der Waals surface area contributed by atoms with Crippen LogP contribution in [0.25, 0.3) is 11.1 Å². The van der Waals surface area contributed by atoms with Crippen molar-refractivity contribution in [2.24, 2.45) is 0 Å². The Hall–Kier alpha value is -2.09. The molecule has 21 heavy (non-hydrogen) atoms. The molecule has 0 aliphatic carbocycles. The largest absolute Gasteiger partial charge is 0.462 e. The van der Waals surface area contributed by atoms with Gasteiger partial charge in [-0.25, -0.2) is 4.79 Å². The molecule has 0 saturated heterocycles. The second kappa shape index (κ2) is 6.13. The smallest absolute Gasteiger partial charge is 0.338 e. The Balaban J connectivity index is 2.61. The van der Waals surface area contributed by atoms with E-state index in [1.54, 1.807) is 0 Å². The van der Waals surface area contributed by atoms with Crippen molar-refractivity contribution in [3.63, 3.8) is 0 Å². The minimum atomic E-state index is -0.267. The van der Waals surface area contributed by atoms with E-state index < -0.39 is 0 Å². The lowest BCUT2D eigenvalue weighted by molar-refractivity contribution is 0.0527. The maximum atomic E-state index is 12.2. The molecule has 0 unspecified atom stereocenters. The first-order valence-corrected chi connectivity index (χ1v) is 7.31. The number of hydrogen-bond acceptors (Lipinski definition) is 2. The summed E-state index contributed by atoms with van der Waals surface area (Å²) >= 11 is 0. The van der Waals surface area contributed by atoms with Gasteiger partial charge in [0.25, 0.3) is 0 Å². The lowest BCUT2D eigenvalue weighted by atomic mass is 9.81. The molecule has 0 heterocycles. The van der Waals surface area contributed by atoms with Crippen LogP contribution in [-0.2, 0) is 10.2 Å². The average Bonchev–Trinajstić information content (AvgIpc) is 2.46. The highest BCUT2D eigenvalue weighted by molar-refractivity contribution is 5.97. The molecule has 0 fully saturated rings. The number of carbonyl (C=O) groups is 1. The molecular weight excluding hydrogens is 260 g/mol. The molecule has 0 amide bonds. The summed E-state index contributed by atoms with van der Waals surface area (Å²) in [4.78, 5) is 12.2. The lowest BCUT2D eigenvalue weighted by Gasteiger charge is -2.23. The van der Waals surface area contributed by atoms with Crippen molar-refractivity contribution < 1.29 is 9.53 Å². The van der Waals surface area contributed by atoms with Gasteiger partial charge >= 0.3 is 5.97 Å². The summed E-state index contributed by atoms with van der Waals surface area (Å²) in [6, 6.07) is 15.9. The molecule has 2 heteroatoms. The zero-order valence-electron chi connectivity index (χ0n) is 13.1. The van der Waals surface area contributed by atoms with E-state index in [9.17, 15) is 4.79 Å². The summed E-state index contributed by atoms with van der Waals surface area (Å²) in [6.45, 7) is 8.74. The van der Waals surface area contributed by atoms with E-state index >= 15 is 0 Å². The summed E-state index contributed by atoms with van der Waals surface area (Å²) in [5.74, 6) is -0.267. The number of benzene rings is 2. The first-order chi connectivity index (χ1) is 9.95. The number of rotatable bonds is 3. The highest BCUT2D eigenvalue weighted by Gasteiger charge is 2.21. The zero-order chi connectivity index (χ0) is 15.5. The number of esters is 1. The fourth-order valence-corrected chi connectivity index (χ4v) is 2.48. The van der Waals surface area contributed by atoms with Gasteiger partial charge in [-0.3, -0.25) is 0 Å². The molecule has 0 saturated carbocycles. The zero-order valence-corrected chi connectivity index (χ0v) is 13.1. The molecule has 0 aromatic heterocycles. The first kappa shape index (κ1) is 15.3. The van der Waals surface area contributed by atoms with Crippen molar-refractivity contribution in [1.29, 1.82) is 0 Å². The van der Waals surface area contributed by atoms with Gasteiger partial charge in [0.2, 0.25) is 0 Å². The topological polar surface area (TPSA) is 26.3 Å². The van der Waals surface area contributed by atoms with E-state index in [1.807, 2.05) is 43.3 Å². The molecule has 0 bridgehead atoms. The van der Waals surface area contributed by atoms with Crippen LogP contribution >= 0.6 is 0 Å². The van der Waals surface area contributed by atoms with Crippen LogP contribution in [0.15, 0.2) is 48.5 Å². The van der Waals surface area contributed by atoms with Crippen molar-refractivity contribution in [3.8, 4) is 11.1 Å². The van der Waals surface area contributed by atoms with Crippen molar-refractivity contribution >= 4 is 5.97 Å². The monoisotopic (exact) mass is 282 g/mol. The molecule has 110 valence electrons. The van der Waals surface area contributed by atoms with Gasteiger partial charge in [-0.05, 0) is 35.1 Å². The Morgan fingerprint density at radius 3 is 2.14 bits per heavy atom. The van der Waals surface area contributed by atoms with E-state index in [4.69, 9.17) is 4.74 Å². The van der Waals surface area contributed by atoms with Gasteiger partial charge < -0.3 is 4.74 Å². The van der Waals surface area contributed by atoms with Gasteiger partial charge in [-0.1, -0.05) is 63.2 Å². The van der Waals surface area contributed by atoms with Crippen molar-refractivity contribution in [2.45, 2.75) is 33.1 Å². The predicted octanol–water partition coefficient (Wildman–Crippen LogP) is 4.83. The standard InChI is InChI=1S/C19H22O2/c1-5-21-18(20)16-12-7-6-10-14(16)15-11-8-9-13-17(15)19(2,3)4/h6-13H,5H2,1-4H3. The molecule has 2 aromatic carbocycles. The van der Waals surface area contributed by atoms with Gasteiger partial charge in [-0.2, -0.15) is 0 Å². The van der Waals surface area contributed by atoms with Gasteiger partial charge in [0.05, 0.1) is 12.2 Å². The maximum absolute atomic E-state index is 12.2. The predicted molar refractivity (Wildman–Crippen MR) is 86.5 cm³/mol. The Morgan fingerprint density at radius 1 is 0.952 bits per heavy atom. The van der Waals surface area contributed by atoms with Crippen LogP contribution in [0.4, 0.5) is 0 Å². The number of ether oxygens (including phenoxy) is 1. The molecule has 2 aromatic rings. The highest BCUT2D eigenvalue weighted by Crippen LogP contribution is 2.34. The van der Waals surface area contributed by atoms with Gasteiger partial charge in [-0.15, -0.1) is 0 Å². The van der Waals surface area contributed by atoms with Crippen molar-refractivity contribution in [2.75, 3.05) is 6.61 Å². The maximum Gasteiger partial charge on any atom is 0.338 e. The van der Waals surface area contributed by atoms with Gasteiger partial charge in [0.15, 0.2) is 0 Å². The Kier molecular flexibility index (Phi) is 4.46. The molecule has 2 rings (SSSR count). The summed E-state index contributed by atoms with van der Waals surface area (Å²) in [6.07, 6.45) is 0. The van der Waals surface area contributed by atoms with E-state index in [0.29, 0.717) is 12.2 Å². The van der Waals surface area contributed by atoms with E-state index in [2.05, 4.69) is 32.9 Å². The van der Waals surface area contributed by atoms with E-state index in [1.165, 1.54) is 5.56 Å². The lowest BCUT2D eigenvalue weighted by Crippen LogP contribution is -2.14. The normalized spacial score (nSPS) is 11.2. The van der Waals surface area contributed by atoms with Gasteiger partial charge in [0.1, 0.15) is 0 Å². The molecule has 0 aliphatic heterocycles. The molecule has 0 N–H and O–H groups in total. The fourth-order valence-electron chi connectivity index (χ4n) is 2.48. The Bertz CT molecular complexity index is 636. The second-order valence-corrected chi connectivity index (χ2v) is 6.06. The Labute approximate surface area is 126 Å². The number of carbonyl (C=O) groups excluding carboxylic acids is 1. The van der Waals surface area contributed by atoms with Crippen molar-refractivity contribution in [1.82, 2.24) is 0 Å². The fraction of sp³-hybridized carbons (Fsp3) is 0.316. The molecular formula is C19H22O2. The minimum absolute atomic E-state index is 0.0123. The number of hydrogen-bond donors (Lipinski definition) is 0. The van der Waals surface area contributed by atoms with Crippen LogP contribution in [0.5, 0.6) is 0 Å². The third kappa shape index (κ3) is 3.33. The third-order valence-corrected chi connectivity index (χ3v) is 3.45. The van der Waals surface area contributed by atoms with Crippen molar-refractivity contribution in [3.05, 3.63) is 59.7 Å². The summed E-state index contributed by atoms with van der Waals surface area (Å²) < 4.78 is 5.18. The highest BCUT2D eigenvalue weighted by atomic mass is 16.5. The third-order valence-electron chi connectivity index (χ3n) is 3.45.